The van der Waals surface area contributed by atoms with E-state index >= 15 is 0 Å². The number of pyridine rings is 1. The van der Waals surface area contributed by atoms with Gasteiger partial charge in [-0.1, -0.05) is 0 Å². The maximum atomic E-state index is 12.1. The number of rotatable bonds is 2. The number of halogens is 2. The molecule has 3 N–H and O–H groups in total. The molecule has 0 atom stereocenters. The topological polar surface area (TPSA) is 93.3 Å². The third kappa shape index (κ3) is 2.15. The molecule has 0 radical (unpaired) electrons. The average molecular weight is 224 g/mol. The Balaban J connectivity index is 3.34. The van der Waals surface area contributed by atoms with Crippen molar-refractivity contribution in [3.63, 3.8) is 0 Å². The Morgan fingerprint density at radius 1 is 1.43 bits per heavy atom. The smallest absolute Gasteiger partial charge is 0.284 e. The molecule has 0 spiro atoms. The number of nitrogens with zero attached hydrogens (tertiary/aromatic N) is 1. The first-order valence-corrected chi connectivity index (χ1v) is 4.88. The van der Waals surface area contributed by atoms with E-state index in [2.05, 4.69) is 10.1 Å². The van der Waals surface area contributed by atoms with Gasteiger partial charge in [0.2, 0.25) is 0 Å². The van der Waals surface area contributed by atoms with E-state index in [1.54, 1.807) is 0 Å². The Labute approximate surface area is 78.2 Å². The lowest BCUT2D eigenvalue weighted by Crippen LogP contribution is -2.14. The van der Waals surface area contributed by atoms with Crippen molar-refractivity contribution in [1.82, 2.24) is 4.98 Å². The summed E-state index contributed by atoms with van der Waals surface area (Å²) in [7, 11) is -4.13. The largest absolute Gasteiger partial charge is 0.506 e. The molecule has 0 saturated heterocycles. The average Bonchev–Trinajstić information content (AvgIpc) is 2.02. The molecule has 0 bridgehead atoms. The van der Waals surface area contributed by atoms with Gasteiger partial charge in [0.15, 0.2) is 5.03 Å². The molecule has 5 nitrogen and oxygen atoms in total. The number of sulfonamides is 1. The third-order valence-corrected chi connectivity index (χ3v) is 2.19. The molecule has 1 rings (SSSR count). The van der Waals surface area contributed by atoms with E-state index in [1.165, 1.54) is 0 Å². The lowest BCUT2D eigenvalue weighted by Gasteiger charge is -2.03. The second-order valence-corrected chi connectivity index (χ2v) is 3.91. The van der Waals surface area contributed by atoms with Crippen molar-refractivity contribution in [2.24, 2.45) is 5.14 Å². The zero-order chi connectivity index (χ0) is 10.9. The molecular formula is C6H6F2N2O3S. The van der Waals surface area contributed by atoms with Gasteiger partial charge in [-0.2, -0.15) is 0 Å². The first kappa shape index (κ1) is 10.8. The van der Waals surface area contributed by atoms with Gasteiger partial charge in [-0.15, -0.1) is 0 Å². The summed E-state index contributed by atoms with van der Waals surface area (Å²) in [4.78, 5) is 3.03. The van der Waals surface area contributed by atoms with Crippen molar-refractivity contribution >= 4 is 10.0 Å². The molecule has 14 heavy (non-hydrogen) atoms. The van der Waals surface area contributed by atoms with Crippen LogP contribution in [0.15, 0.2) is 17.2 Å². The molecule has 78 valence electrons. The molecular weight excluding hydrogens is 218 g/mol. The van der Waals surface area contributed by atoms with Crippen molar-refractivity contribution in [1.29, 1.82) is 0 Å². The van der Waals surface area contributed by atoms with Crippen LogP contribution >= 0.6 is 0 Å². The summed E-state index contributed by atoms with van der Waals surface area (Å²) < 4.78 is 45.7. The fraction of sp³-hybridized carbons (Fsp3) is 0.167. The predicted octanol–water partition coefficient (Wildman–Crippen LogP) is 0.372. The van der Waals surface area contributed by atoms with Crippen LogP contribution in [0, 0.1) is 0 Å². The minimum absolute atomic E-state index is 0.703. The molecule has 1 aromatic rings. The Bertz CT molecular complexity index is 446. The number of nitrogens with two attached hydrogens (primary N) is 1. The van der Waals surface area contributed by atoms with Crippen LogP contribution in [0.5, 0.6) is 5.75 Å². The molecule has 8 heteroatoms. The zero-order valence-electron chi connectivity index (χ0n) is 6.68. The predicted molar refractivity (Wildman–Crippen MR) is 42.2 cm³/mol. The maximum Gasteiger partial charge on any atom is 0.284 e. The maximum absolute atomic E-state index is 12.1. The van der Waals surface area contributed by atoms with Gasteiger partial charge >= 0.3 is 0 Å². The number of alkyl halides is 2. The van der Waals surface area contributed by atoms with Crippen molar-refractivity contribution in [2.45, 2.75) is 11.5 Å². The van der Waals surface area contributed by atoms with Crippen molar-refractivity contribution in [3.05, 3.63) is 17.8 Å². The lowest BCUT2D eigenvalue weighted by molar-refractivity contribution is 0.141. The molecule has 0 fully saturated rings. The van der Waals surface area contributed by atoms with Gasteiger partial charge in [-0.3, -0.25) is 0 Å². The van der Waals surface area contributed by atoms with Gasteiger partial charge in [0.05, 0.1) is 0 Å². The number of aromatic hydroxyl groups is 1. The van der Waals surface area contributed by atoms with E-state index in [4.69, 9.17) is 5.11 Å². The highest BCUT2D eigenvalue weighted by molar-refractivity contribution is 7.89. The van der Waals surface area contributed by atoms with Gasteiger partial charge in [0, 0.05) is 0 Å². The number of primary sulfonamides is 1. The van der Waals surface area contributed by atoms with Crippen LogP contribution in [0.25, 0.3) is 0 Å². The van der Waals surface area contributed by atoms with Crippen LogP contribution in [0.2, 0.25) is 0 Å². The second-order valence-electron chi connectivity index (χ2n) is 2.40. The summed E-state index contributed by atoms with van der Waals surface area (Å²) >= 11 is 0. The Kier molecular flexibility index (Phi) is 2.67. The molecule has 0 saturated carbocycles. The Hall–Kier alpha value is -1.28. The van der Waals surface area contributed by atoms with Crippen molar-refractivity contribution in [3.8, 4) is 5.75 Å². The highest BCUT2D eigenvalue weighted by Gasteiger charge is 2.18. The first-order valence-electron chi connectivity index (χ1n) is 3.33. The normalized spacial score (nSPS) is 12.0. The van der Waals surface area contributed by atoms with Crippen LogP contribution in [0.1, 0.15) is 12.1 Å². The number of hydrogen-bond donors (Lipinski definition) is 2. The summed E-state index contributed by atoms with van der Waals surface area (Å²) in [5, 5.41) is 12.8. The Morgan fingerprint density at radius 3 is 2.43 bits per heavy atom. The van der Waals surface area contributed by atoms with Crippen LogP contribution < -0.4 is 5.14 Å². The number of hydrogen-bond acceptors (Lipinski definition) is 4. The highest BCUT2D eigenvalue weighted by Crippen LogP contribution is 2.26. The lowest BCUT2D eigenvalue weighted by atomic mass is 10.3. The van der Waals surface area contributed by atoms with Gasteiger partial charge in [0.1, 0.15) is 11.4 Å². The standard InChI is InChI=1S/C6H6F2N2O3S/c7-6(8)5-3(11)1-2-4(10-5)14(9,12)13/h1-2,6,11H,(H2,9,12,13). The summed E-state index contributed by atoms with van der Waals surface area (Å²) in [6, 6.07) is 1.64. The molecule has 0 unspecified atom stereocenters. The van der Waals surface area contributed by atoms with Crippen LogP contribution in [0.3, 0.4) is 0 Å². The second kappa shape index (κ2) is 3.46. The van der Waals surface area contributed by atoms with Crippen molar-refractivity contribution in [2.75, 3.05) is 0 Å². The third-order valence-electron chi connectivity index (χ3n) is 1.38. The molecule has 0 amide bonds. The van der Waals surface area contributed by atoms with Crippen LogP contribution in [0.4, 0.5) is 8.78 Å². The first-order chi connectivity index (χ1) is 6.32. The molecule has 0 aliphatic rings. The van der Waals surface area contributed by atoms with E-state index in [9.17, 15) is 17.2 Å². The van der Waals surface area contributed by atoms with Crippen molar-refractivity contribution < 1.29 is 22.3 Å². The minimum atomic E-state index is -4.13. The number of aromatic nitrogens is 1. The van der Waals surface area contributed by atoms with E-state index < -0.39 is 32.9 Å². The van der Waals surface area contributed by atoms with E-state index in [-0.39, 0.29) is 0 Å². The molecule has 0 aliphatic heterocycles. The van der Waals surface area contributed by atoms with Gasteiger partial charge in [0.25, 0.3) is 16.4 Å². The summed E-state index contributed by atoms with van der Waals surface area (Å²) in [5.74, 6) is -0.771. The molecule has 0 aliphatic carbocycles. The summed E-state index contributed by atoms with van der Waals surface area (Å²) in [6.45, 7) is 0. The Morgan fingerprint density at radius 2 is 2.00 bits per heavy atom. The van der Waals surface area contributed by atoms with E-state index in [0.717, 1.165) is 12.1 Å². The fourth-order valence-electron chi connectivity index (χ4n) is 0.768. The molecule has 1 aromatic heterocycles. The summed E-state index contributed by atoms with van der Waals surface area (Å²) in [6.07, 6.45) is -3.06. The van der Waals surface area contributed by atoms with Gasteiger partial charge in [-0.25, -0.2) is 27.3 Å². The molecule has 1 heterocycles. The van der Waals surface area contributed by atoms with Gasteiger partial charge in [-0.05, 0) is 12.1 Å². The van der Waals surface area contributed by atoms with Crippen LogP contribution in [-0.4, -0.2) is 18.5 Å². The fourth-order valence-corrected chi connectivity index (χ4v) is 1.25. The van der Waals surface area contributed by atoms with Crippen LogP contribution in [-0.2, 0) is 10.0 Å². The zero-order valence-corrected chi connectivity index (χ0v) is 7.50. The molecule has 0 aromatic carbocycles. The quantitative estimate of drug-likeness (QED) is 0.759. The van der Waals surface area contributed by atoms with E-state index in [1.807, 2.05) is 0 Å². The summed E-state index contributed by atoms with van der Waals surface area (Å²) in [5.41, 5.74) is -1.00. The monoisotopic (exact) mass is 224 g/mol. The van der Waals surface area contributed by atoms with Gasteiger partial charge < -0.3 is 5.11 Å². The minimum Gasteiger partial charge on any atom is -0.506 e. The van der Waals surface area contributed by atoms with E-state index in [0.29, 0.717) is 0 Å². The SMILES string of the molecule is NS(=O)(=O)c1ccc(O)c(C(F)F)n1. The highest BCUT2D eigenvalue weighted by atomic mass is 32.2.